The van der Waals surface area contributed by atoms with Gasteiger partial charge in [-0.2, -0.15) is 4.98 Å². The molecule has 1 spiro atoms. The number of likely N-dealkylation sites (N-methyl/N-ethyl adjacent to an activating group) is 1. The van der Waals surface area contributed by atoms with Crippen LogP contribution in [0.1, 0.15) is 83.5 Å². The van der Waals surface area contributed by atoms with Gasteiger partial charge in [0.1, 0.15) is 23.8 Å². The van der Waals surface area contributed by atoms with E-state index in [4.69, 9.17) is 28.7 Å². The molecular weight excluding hydrogens is 576 g/mol. The van der Waals surface area contributed by atoms with E-state index in [-0.39, 0.29) is 24.0 Å². The van der Waals surface area contributed by atoms with Gasteiger partial charge < -0.3 is 28.5 Å². The molecule has 45 heavy (non-hydrogen) atoms. The summed E-state index contributed by atoms with van der Waals surface area (Å²) in [6.45, 7) is 9.17. The van der Waals surface area contributed by atoms with E-state index in [2.05, 4.69) is 22.0 Å². The van der Waals surface area contributed by atoms with Crippen molar-refractivity contribution in [3.05, 3.63) is 17.4 Å². The van der Waals surface area contributed by atoms with Crippen LogP contribution in [0, 0.1) is 0 Å². The minimum Gasteiger partial charge on any atom is -0.476 e. The molecule has 3 saturated heterocycles. The van der Waals surface area contributed by atoms with E-state index >= 15 is 0 Å². The highest BCUT2D eigenvalue weighted by Gasteiger charge is 2.49. The van der Waals surface area contributed by atoms with Crippen LogP contribution in [0.4, 0.5) is 10.6 Å². The second-order valence-corrected chi connectivity index (χ2v) is 14.5. The monoisotopic (exact) mass is 622 g/mol. The average Bonchev–Trinajstić information content (AvgIpc) is 3.62. The number of likely N-dealkylation sites (tertiary alicyclic amines) is 1. The quantitative estimate of drug-likeness (QED) is 0.478. The maximum Gasteiger partial charge on any atom is 0.411 e. The highest BCUT2D eigenvalue weighted by molar-refractivity contribution is 5.91. The van der Waals surface area contributed by atoms with Crippen LogP contribution in [0.25, 0.3) is 11.5 Å². The van der Waals surface area contributed by atoms with Gasteiger partial charge in [-0.25, -0.2) is 9.78 Å². The van der Waals surface area contributed by atoms with Crippen molar-refractivity contribution in [3.63, 3.8) is 0 Å². The van der Waals surface area contributed by atoms with E-state index < -0.39 is 11.0 Å². The topological polar surface area (TPSA) is 123 Å². The lowest BCUT2D eigenvalue weighted by Crippen LogP contribution is -2.66. The lowest BCUT2D eigenvalue weighted by atomic mass is 9.64. The fourth-order valence-corrected chi connectivity index (χ4v) is 7.96. The molecule has 1 amide bonds. The molecule has 3 aliphatic heterocycles. The molecule has 5 aliphatic rings. The molecule has 4 atom stereocenters. The van der Waals surface area contributed by atoms with Crippen molar-refractivity contribution in [3.8, 4) is 17.4 Å². The lowest BCUT2D eigenvalue weighted by molar-refractivity contribution is -0.128. The van der Waals surface area contributed by atoms with Crippen LogP contribution in [0.3, 0.4) is 0 Å². The minimum atomic E-state index is -0.581. The van der Waals surface area contributed by atoms with Gasteiger partial charge in [0.25, 0.3) is 0 Å². The number of ketones is 1. The summed E-state index contributed by atoms with van der Waals surface area (Å²) in [6, 6.07) is 1.87. The Morgan fingerprint density at radius 2 is 1.84 bits per heavy atom. The van der Waals surface area contributed by atoms with Gasteiger partial charge in [0.05, 0.1) is 30.7 Å². The number of aromatic nitrogens is 3. The number of amides is 1. The first-order valence-electron chi connectivity index (χ1n) is 16.7. The van der Waals surface area contributed by atoms with Gasteiger partial charge in [0, 0.05) is 37.2 Å². The number of fused-ring (bicyclic) bond motifs is 4. The summed E-state index contributed by atoms with van der Waals surface area (Å²) in [5.41, 5.74) is 0.400. The molecule has 2 bridgehead atoms. The Balaban J connectivity index is 1.22. The summed E-state index contributed by atoms with van der Waals surface area (Å²) in [7, 11) is 2.13. The summed E-state index contributed by atoms with van der Waals surface area (Å²) >= 11 is 0. The standard InChI is InChI=1S/C33H46N6O6/c1-32(2,3)44-31(41)39-22-16-38(17-23(39)19-42-18-22)26-15-27(43-20-21-9-8-14-37(21)4)35-30(34-26)28-24-10-7-13-33(29(24)45-36-28)12-6-5-11-25(33)40/h15,21-23H,5-14,16-20H2,1-4H3/t21-,22?,23?,33+/m0/s1. The zero-order chi connectivity index (χ0) is 31.3. The Kier molecular flexibility index (Phi) is 8.00. The third-order valence-corrected chi connectivity index (χ3v) is 10.2. The normalized spacial score (nSPS) is 28.8. The molecule has 12 heteroatoms. The Morgan fingerprint density at radius 1 is 1.07 bits per heavy atom. The van der Waals surface area contributed by atoms with Crippen molar-refractivity contribution in [1.29, 1.82) is 0 Å². The predicted molar refractivity (Wildman–Crippen MR) is 165 cm³/mol. The number of hydrogen-bond donors (Lipinski definition) is 0. The number of rotatable bonds is 5. The number of carbonyl (C=O) groups excluding carboxylic acids is 2. The van der Waals surface area contributed by atoms with Crippen molar-refractivity contribution in [2.75, 3.05) is 51.4 Å². The number of hydrogen-bond acceptors (Lipinski definition) is 11. The molecule has 0 aromatic carbocycles. The van der Waals surface area contributed by atoms with Crippen LogP contribution < -0.4 is 9.64 Å². The molecule has 2 unspecified atom stereocenters. The molecule has 2 aliphatic carbocycles. The van der Waals surface area contributed by atoms with Gasteiger partial charge in [0.15, 0.2) is 17.3 Å². The number of Topliss-reactive ketones (excluding diaryl/α,β-unsaturated/α-hetero) is 1. The van der Waals surface area contributed by atoms with Gasteiger partial charge in [-0.15, -0.1) is 0 Å². The number of piperazine rings is 1. The van der Waals surface area contributed by atoms with E-state index in [0.717, 1.165) is 69.2 Å². The molecule has 4 fully saturated rings. The number of morpholine rings is 1. The van der Waals surface area contributed by atoms with Crippen LogP contribution in [0.15, 0.2) is 10.6 Å². The fourth-order valence-electron chi connectivity index (χ4n) is 7.96. The molecule has 0 radical (unpaired) electrons. The highest BCUT2D eigenvalue weighted by Crippen LogP contribution is 2.47. The lowest BCUT2D eigenvalue weighted by Gasteiger charge is -2.49. The first-order chi connectivity index (χ1) is 21.6. The largest absolute Gasteiger partial charge is 0.476 e. The predicted octanol–water partition coefficient (Wildman–Crippen LogP) is 4.15. The van der Waals surface area contributed by atoms with Crippen LogP contribution in [0.5, 0.6) is 5.88 Å². The second kappa shape index (κ2) is 11.8. The van der Waals surface area contributed by atoms with E-state index in [0.29, 0.717) is 68.6 Å². The van der Waals surface area contributed by atoms with Gasteiger partial charge in [0.2, 0.25) is 5.88 Å². The van der Waals surface area contributed by atoms with Crippen LogP contribution in [-0.4, -0.2) is 107 Å². The maximum absolute atomic E-state index is 13.3. The summed E-state index contributed by atoms with van der Waals surface area (Å²) in [6.07, 6.45) is 7.78. The summed E-state index contributed by atoms with van der Waals surface area (Å²) in [4.78, 5) is 42.8. The minimum absolute atomic E-state index is 0.181. The number of nitrogens with zero attached hydrogens (tertiary/aromatic N) is 6. The Bertz CT molecular complexity index is 1430. The molecule has 12 nitrogen and oxygen atoms in total. The Hall–Kier alpha value is -3.25. The number of anilines is 1. The molecule has 2 aromatic rings. The maximum atomic E-state index is 13.3. The summed E-state index contributed by atoms with van der Waals surface area (Å²) in [5.74, 6) is 2.64. The van der Waals surface area contributed by atoms with Gasteiger partial charge in [-0.1, -0.05) is 11.6 Å². The molecule has 0 N–H and O–H groups in total. The number of carbonyl (C=O) groups is 2. The zero-order valence-electron chi connectivity index (χ0n) is 27.0. The molecule has 7 rings (SSSR count). The summed E-state index contributed by atoms with van der Waals surface area (Å²) < 4.78 is 24.0. The van der Waals surface area contributed by atoms with Gasteiger partial charge in [-0.3, -0.25) is 9.69 Å². The molecule has 5 heterocycles. The fraction of sp³-hybridized carbons (Fsp3) is 0.727. The third-order valence-electron chi connectivity index (χ3n) is 10.2. The van der Waals surface area contributed by atoms with Gasteiger partial charge >= 0.3 is 6.09 Å². The summed E-state index contributed by atoms with van der Waals surface area (Å²) in [5, 5.41) is 4.53. The Morgan fingerprint density at radius 3 is 2.56 bits per heavy atom. The van der Waals surface area contributed by atoms with Crippen molar-refractivity contribution < 1.29 is 28.3 Å². The van der Waals surface area contributed by atoms with Gasteiger partial charge in [-0.05, 0) is 79.3 Å². The van der Waals surface area contributed by atoms with Crippen molar-refractivity contribution in [2.24, 2.45) is 0 Å². The van der Waals surface area contributed by atoms with Crippen LogP contribution in [-0.2, 0) is 26.1 Å². The second-order valence-electron chi connectivity index (χ2n) is 14.5. The zero-order valence-corrected chi connectivity index (χ0v) is 27.0. The molecule has 2 aromatic heterocycles. The van der Waals surface area contributed by atoms with E-state index in [1.54, 1.807) is 0 Å². The van der Waals surface area contributed by atoms with Crippen LogP contribution >= 0.6 is 0 Å². The van der Waals surface area contributed by atoms with Crippen LogP contribution in [0.2, 0.25) is 0 Å². The molecule has 1 saturated carbocycles. The Labute approximate surface area is 264 Å². The van der Waals surface area contributed by atoms with E-state index in [1.165, 1.54) is 0 Å². The average molecular weight is 623 g/mol. The van der Waals surface area contributed by atoms with E-state index in [9.17, 15) is 9.59 Å². The highest BCUT2D eigenvalue weighted by atomic mass is 16.6. The number of ether oxygens (including phenoxy) is 3. The van der Waals surface area contributed by atoms with Crippen molar-refractivity contribution in [2.45, 2.75) is 108 Å². The first kappa shape index (κ1) is 30.4. The van der Waals surface area contributed by atoms with E-state index in [1.807, 2.05) is 31.7 Å². The third kappa shape index (κ3) is 5.80. The van der Waals surface area contributed by atoms with Crippen molar-refractivity contribution in [1.82, 2.24) is 24.9 Å². The van der Waals surface area contributed by atoms with Crippen molar-refractivity contribution >= 4 is 17.7 Å². The molecular formula is C33H46N6O6. The smallest absolute Gasteiger partial charge is 0.411 e. The first-order valence-corrected chi connectivity index (χ1v) is 16.7. The SMILES string of the molecule is CN1CCC[C@H]1COc1cc(N2CC3COCC(C2)N3C(=O)OC(C)(C)C)nc(-c2noc3c2CCC[C@@]32CCCCC2=O)n1. The molecule has 244 valence electrons.